The number of nitrogens with one attached hydrogen (secondary N) is 1. The molecule has 106 valence electrons. The van der Waals surface area contributed by atoms with Crippen molar-refractivity contribution in [1.82, 2.24) is 10.3 Å². The minimum Gasteiger partial charge on any atom is -0.456 e. The molecule has 3 heteroatoms. The third kappa shape index (κ3) is 4.35. The Hall–Kier alpha value is -1.87. The topological polar surface area (TPSA) is 34.1 Å². The van der Waals surface area contributed by atoms with Gasteiger partial charge in [0.2, 0.25) is 0 Å². The molecule has 1 aromatic heterocycles. The summed E-state index contributed by atoms with van der Waals surface area (Å²) in [6.07, 6.45) is 3.61. The second-order valence-corrected chi connectivity index (χ2v) is 5.49. The zero-order valence-corrected chi connectivity index (χ0v) is 12.6. The van der Waals surface area contributed by atoms with E-state index < -0.39 is 0 Å². The maximum Gasteiger partial charge on any atom is 0.146 e. The van der Waals surface area contributed by atoms with Crippen LogP contribution < -0.4 is 10.1 Å². The first-order valence-corrected chi connectivity index (χ1v) is 6.96. The summed E-state index contributed by atoms with van der Waals surface area (Å²) >= 11 is 0. The highest BCUT2D eigenvalue weighted by molar-refractivity contribution is 5.37. The molecule has 0 atom stereocenters. The van der Waals surface area contributed by atoms with E-state index >= 15 is 0 Å². The SMILES string of the molecule is Cc1cc(C)cc(Oc2cncc(CNC(C)C)c2)c1. The quantitative estimate of drug-likeness (QED) is 0.892. The molecule has 0 amide bonds. The second-order valence-electron chi connectivity index (χ2n) is 5.49. The lowest BCUT2D eigenvalue weighted by atomic mass is 10.1. The van der Waals surface area contributed by atoms with Crippen molar-refractivity contribution < 1.29 is 4.74 Å². The Morgan fingerprint density at radius 2 is 1.70 bits per heavy atom. The number of aryl methyl sites for hydroxylation is 2. The maximum atomic E-state index is 5.90. The van der Waals surface area contributed by atoms with E-state index in [-0.39, 0.29) is 0 Å². The van der Waals surface area contributed by atoms with E-state index in [1.165, 1.54) is 11.1 Å². The molecular weight excluding hydrogens is 248 g/mol. The first kappa shape index (κ1) is 14.5. The van der Waals surface area contributed by atoms with Crippen molar-refractivity contribution >= 4 is 0 Å². The van der Waals surface area contributed by atoms with Gasteiger partial charge >= 0.3 is 0 Å². The molecule has 0 fully saturated rings. The average molecular weight is 270 g/mol. The van der Waals surface area contributed by atoms with Crippen LogP contribution >= 0.6 is 0 Å². The van der Waals surface area contributed by atoms with E-state index in [0.29, 0.717) is 6.04 Å². The molecule has 2 rings (SSSR count). The highest BCUT2D eigenvalue weighted by Crippen LogP contribution is 2.23. The molecule has 2 aromatic rings. The third-order valence-electron chi connectivity index (χ3n) is 2.92. The second kappa shape index (κ2) is 6.53. The number of nitrogens with zero attached hydrogens (tertiary/aromatic N) is 1. The highest BCUT2D eigenvalue weighted by atomic mass is 16.5. The zero-order valence-electron chi connectivity index (χ0n) is 12.6. The molecule has 0 unspecified atom stereocenters. The summed E-state index contributed by atoms with van der Waals surface area (Å²) in [5.74, 6) is 1.64. The standard InChI is InChI=1S/C17H22N2O/c1-12(2)19-10-15-8-17(11-18-9-15)20-16-6-13(3)5-14(4)7-16/h5-9,11-12,19H,10H2,1-4H3. The van der Waals surface area contributed by atoms with Crippen LogP contribution in [0.25, 0.3) is 0 Å². The molecule has 20 heavy (non-hydrogen) atoms. The molecule has 0 spiro atoms. The molecule has 0 saturated heterocycles. The van der Waals surface area contributed by atoms with E-state index in [4.69, 9.17) is 4.74 Å². The van der Waals surface area contributed by atoms with Crippen LogP contribution in [0.15, 0.2) is 36.7 Å². The van der Waals surface area contributed by atoms with Gasteiger partial charge in [-0.2, -0.15) is 0 Å². The molecule has 0 bridgehead atoms. The van der Waals surface area contributed by atoms with Gasteiger partial charge < -0.3 is 10.1 Å². The summed E-state index contributed by atoms with van der Waals surface area (Å²) < 4.78 is 5.90. The van der Waals surface area contributed by atoms with Crippen molar-refractivity contribution in [3.05, 3.63) is 53.3 Å². The summed E-state index contributed by atoms with van der Waals surface area (Å²) in [6.45, 7) is 9.20. The number of pyridine rings is 1. The van der Waals surface area contributed by atoms with Crippen molar-refractivity contribution in [2.24, 2.45) is 0 Å². The number of hydrogen-bond acceptors (Lipinski definition) is 3. The fraction of sp³-hybridized carbons (Fsp3) is 0.353. The summed E-state index contributed by atoms with van der Waals surface area (Å²) in [4.78, 5) is 4.24. The van der Waals surface area contributed by atoms with E-state index in [2.05, 4.69) is 44.1 Å². The van der Waals surface area contributed by atoms with Gasteiger partial charge in [0.15, 0.2) is 0 Å². The normalized spacial score (nSPS) is 10.8. The predicted molar refractivity (Wildman–Crippen MR) is 82.2 cm³/mol. The Kier molecular flexibility index (Phi) is 4.74. The van der Waals surface area contributed by atoms with Gasteiger partial charge in [0.25, 0.3) is 0 Å². The van der Waals surface area contributed by atoms with Gasteiger partial charge in [-0.3, -0.25) is 4.98 Å². The molecule has 1 aromatic carbocycles. The lowest BCUT2D eigenvalue weighted by molar-refractivity contribution is 0.477. The van der Waals surface area contributed by atoms with Gasteiger partial charge in [-0.25, -0.2) is 0 Å². The van der Waals surface area contributed by atoms with Crippen LogP contribution in [0, 0.1) is 13.8 Å². The summed E-state index contributed by atoms with van der Waals surface area (Å²) in [5, 5.41) is 3.38. The Labute approximate surface area is 121 Å². The zero-order chi connectivity index (χ0) is 14.5. The highest BCUT2D eigenvalue weighted by Gasteiger charge is 2.02. The van der Waals surface area contributed by atoms with Crippen molar-refractivity contribution in [2.45, 2.75) is 40.3 Å². The fourth-order valence-corrected chi connectivity index (χ4v) is 2.07. The van der Waals surface area contributed by atoms with Gasteiger partial charge in [0, 0.05) is 18.8 Å². The van der Waals surface area contributed by atoms with E-state index in [1.54, 1.807) is 6.20 Å². The Morgan fingerprint density at radius 1 is 1.00 bits per heavy atom. The first-order valence-electron chi connectivity index (χ1n) is 6.96. The van der Waals surface area contributed by atoms with E-state index in [9.17, 15) is 0 Å². The van der Waals surface area contributed by atoms with E-state index in [1.807, 2.05) is 24.4 Å². The number of ether oxygens (including phenoxy) is 1. The van der Waals surface area contributed by atoms with Gasteiger partial charge in [-0.1, -0.05) is 19.9 Å². The van der Waals surface area contributed by atoms with E-state index in [0.717, 1.165) is 23.6 Å². The lowest BCUT2D eigenvalue weighted by Gasteiger charge is -2.10. The Bertz CT molecular complexity index is 559. The molecular formula is C17H22N2O. The molecule has 0 aliphatic heterocycles. The average Bonchev–Trinajstić information content (AvgIpc) is 2.35. The van der Waals surface area contributed by atoms with Crippen LogP contribution in [0.2, 0.25) is 0 Å². The minimum absolute atomic E-state index is 0.457. The minimum atomic E-state index is 0.457. The van der Waals surface area contributed by atoms with Gasteiger partial charge in [-0.05, 0) is 48.7 Å². The van der Waals surface area contributed by atoms with Crippen molar-refractivity contribution in [3.8, 4) is 11.5 Å². The molecule has 0 saturated carbocycles. The van der Waals surface area contributed by atoms with Crippen LogP contribution in [0.5, 0.6) is 11.5 Å². The molecule has 0 aliphatic rings. The first-order chi connectivity index (χ1) is 9.52. The monoisotopic (exact) mass is 270 g/mol. The number of benzene rings is 1. The number of aromatic nitrogens is 1. The van der Waals surface area contributed by atoms with Crippen LogP contribution in [0.1, 0.15) is 30.5 Å². The van der Waals surface area contributed by atoms with Crippen LogP contribution in [0.3, 0.4) is 0 Å². The molecule has 1 N–H and O–H groups in total. The van der Waals surface area contributed by atoms with Gasteiger partial charge in [-0.15, -0.1) is 0 Å². The maximum absolute atomic E-state index is 5.90. The summed E-state index contributed by atoms with van der Waals surface area (Å²) in [5.41, 5.74) is 3.52. The van der Waals surface area contributed by atoms with Crippen molar-refractivity contribution in [3.63, 3.8) is 0 Å². The van der Waals surface area contributed by atoms with Crippen LogP contribution in [-0.2, 0) is 6.54 Å². The van der Waals surface area contributed by atoms with Crippen LogP contribution in [-0.4, -0.2) is 11.0 Å². The molecule has 0 radical (unpaired) electrons. The van der Waals surface area contributed by atoms with Crippen LogP contribution in [0.4, 0.5) is 0 Å². The largest absolute Gasteiger partial charge is 0.456 e. The van der Waals surface area contributed by atoms with Gasteiger partial charge in [0.1, 0.15) is 11.5 Å². The Morgan fingerprint density at radius 3 is 2.35 bits per heavy atom. The smallest absolute Gasteiger partial charge is 0.146 e. The predicted octanol–water partition coefficient (Wildman–Crippen LogP) is 3.99. The molecule has 1 heterocycles. The van der Waals surface area contributed by atoms with Crippen molar-refractivity contribution in [1.29, 1.82) is 0 Å². The summed E-state index contributed by atoms with van der Waals surface area (Å²) in [7, 11) is 0. The number of hydrogen-bond donors (Lipinski definition) is 1. The van der Waals surface area contributed by atoms with Crippen molar-refractivity contribution in [2.75, 3.05) is 0 Å². The fourth-order valence-electron chi connectivity index (χ4n) is 2.07. The Balaban J connectivity index is 2.11. The lowest BCUT2D eigenvalue weighted by Crippen LogP contribution is -2.21. The molecule has 0 aliphatic carbocycles. The summed E-state index contributed by atoms with van der Waals surface area (Å²) in [6, 6.07) is 8.69. The molecule has 3 nitrogen and oxygen atoms in total. The third-order valence-corrected chi connectivity index (χ3v) is 2.92. The number of rotatable bonds is 5. The van der Waals surface area contributed by atoms with Gasteiger partial charge in [0.05, 0.1) is 6.20 Å².